The number of rotatable bonds is 5. The topological polar surface area (TPSA) is 35.2 Å². The van der Waals surface area contributed by atoms with E-state index in [1.807, 2.05) is 37.3 Å². The maximum atomic E-state index is 13.3. The van der Waals surface area contributed by atoms with Gasteiger partial charge in [0, 0.05) is 6.54 Å². The van der Waals surface area contributed by atoms with Gasteiger partial charge >= 0.3 is 0 Å². The van der Waals surface area contributed by atoms with Gasteiger partial charge in [-0.1, -0.05) is 42.0 Å². The molecule has 2 rings (SSSR count). The average molecular weight is 259 g/mol. The van der Waals surface area contributed by atoms with Crippen LogP contribution in [0.1, 0.15) is 22.8 Å². The summed E-state index contributed by atoms with van der Waals surface area (Å²) < 4.78 is 19.1. The first-order chi connectivity index (χ1) is 9.20. The van der Waals surface area contributed by atoms with E-state index in [0.29, 0.717) is 13.2 Å². The van der Waals surface area contributed by atoms with E-state index in [1.165, 1.54) is 17.7 Å². The normalized spacial score (nSPS) is 12.4. The molecule has 1 unspecified atom stereocenters. The maximum absolute atomic E-state index is 13.3. The van der Waals surface area contributed by atoms with Crippen LogP contribution in [-0.2, 0) is 4.74 Å². The van der Waals surface area contributed by atoms with Crippen molar-refractivity contribution in [3.8, 4) is 0 Å². The highest BCUT2D eigenvalue weighted by atomic mass is 19.1. The summed E-state index contributed by atoms with van der Waals surface area (Å²) in [6, 6.07) is 14.5. The van der Waals surface area contributed by atoms with Gasteiger partial charge in [-0.25, -0.2) is 4.39 Å². The molecule has 1 atom stereocenters. The van der Waals surface area contributed by atoms with Gasteiger partial charge in [0.25, 0.3) is 0 Å². The summed E-state index contributed by atoms with van der Waals surface area (Å²) in [5, 5.41) is 0. The van der Waals surface area contributed by atoms with E-state index in [-0.39, 0.29) is 11.9 Å². The molecule has 0 heterocycles. The zero-order valence-corrected chi connectivity index (χ0v) is 11.0. The Morgan fingerprint density at radius 2 is 1.84 bits per heavy atom. The second-order valence-corrected chi connectivity index (χ2v) is 4.51. The first-order valence-corrected chi connectivity index (χ1v) is 6.34. The number of hydrogen-bond acceptors (Lipinski definition) is 2. The van der Waals surface area contributed by atoms with Gasteiger partial charge in [-0.2, -0.15) is 0 Å². The number of benzene rings is 2. The zero-order valence-electron chi connectivity index (χ0n) is 11.0. The highest BCUT2D eigenvalue weighted by Crippen LogP contribution is 2.26. The Labute approximate surface area is 113 Å². The lowest BCUT2D eigenvalue weighted by Crippen LogP contribution is -2.14. The molecule has 2 nitrogen and oxygen atoms in total. The smallest absolute Gasteiger partial charge is 0.123 e. The van der Waals surface area contributed by atoms with Crippen LogP contribution in [0.4, 0.5) is 4.39 Å². The Morgan fingerprint density at radius 3 is 2.47 bits per heavy atom. The van der Waals surface area contributed by atoms with E-state index in [1.54, 1.807) is 6.07 Å². The van der Waals surface area contributed by atoms with Crippen molar-refractivity contribution < 1.29 is 9.13 Å². The van der Waals surface area contributed by atoms with Crippen LogP contribution in [-0.4, -0.2) is 13.2 Å². The van der Waals surface area contributed by atoms with E-state index < -0.39 is 0 Å². The number of halogens is 1. The van der Waals surface area contributed by atoms with Crippen molar-refractivity contribution in [2.45, 2.75) is 13.0 Å². The van der Waals surface area contributed by atoms with Gasteiger partial charge in [-0.05, 0) is 30.2 Å². The molecule has 0 saturated heterocycles. The van der Waals surface area contributed by atoms with Gasteiger partial charge in [0.05, 0.1) is 6.61 Å². The highest BCUT2D eigenvalue weighted by molar-refractivity contribution is 5.32. The molecule has 0 amide bonds. The Morgan fingerprint density at radius 1 is 1.11 bits per heavy atom. The van der Waals surface area contributed by atoms with Gasteiger partial charge in [-0.3, -0.25) is 0 Å². The minimum Gasteiger partial charge on any atom is -0.367 e. The van der Waals surface area contributed by atoms with Gasteiger partial charge in [0.2, 0.25) is 0 Å². The lowest BCUT2D eigenvalue weighted by molar-refractivity contribution is 0.0862. The first kappa shape index (κ1) is 13.7. The summed E-state index contributed by atoms with van der Waals surface area (Å²) in [6.45, 7) is 2.91. The van der Waals surface area contributed by atoms with E-state index in [9.17, 15) is 4.39 Å². The second kappa shape index (κ2) is 6.45. The van der Waals surface area contributed by atoms with Gasteiger partial charge in [0.15, 0.2) is 0 Å². The van der Waals surface area contributed by atoms with Crippen LogP contribution in [0.2, 0.25) is 0 Å². The average Bonchev–Trinajstić information content (AvgIpc) is 2.41. The van der Waals surface area contributed by atoms with Crippen LogP contribution in [0.5, 0.6) is 0 Å². The summed E-state index contributed by atoms with van der Waals surface area (Å²) in [5.41, 5.74) is 8.48. The van der Waals surface area contributed by atoms with Crippen LogP contribution in [0.25, 0.3) is 0 Å². The third-order valence-corrected chi connectivity index (χ3v) is 2.93. The molecule has 100 valence electrons. The highest BCUT2D eigenvalue weighted by Gasteiger charge is 2.14. The van der Waals surface area contributed by atoms with Crippen molar-refractivity contribution in [2.24, 2.45) is 5.73 Å². The van der Waals surface area contributed by atoms with Crippen LogP contribution in [0.15, 0.2) is 48.5 Å². The fourth-order valence-electron chi connectivity index (χ4n) is 1.98. The second-order valence-electron chi connectivity index (χ2n) is 4.51. The molecule has 0 aliphatic heterocycles. The van der Waals surface area contributed by atoms with Crippen molar-refractivity contribution in [3.05, 3.63) is 71.0 Å². The third kappa shape index (κ3) is 3.63. The van der Waals surface area contributed by atoms with Gasteiger partial charge < -0.3 is 10.5 Å². The summed E-state index contributed by atoms with van der Waals surface area (Å²) in [5.74, 6) is -0.258. The largest absolute Gasteiger partial charge is 0.367 e. The molecular formula is C16H18FNO. The van der Waals surface area contributed by atoms with Gasteiger partial charge in [0.1, 0.15) is 11.9 Å². The van der Waals surface area contributed by atoms with E-state index in [2.05, 4.69) is 0 Å². The van der Waals surface area contributed by atoms with Crippen LogP contribution in [0.3, 0.4) is 0 Å². The molecule has 2 N–H and O–H groups in total. The van der Waals surface area contributed by atoms with E-state index >= 15 is 0 Å². The molecular weight excluding hydrogens is 241 g/mol. The van der Waals surface area contributed by atoms with Crippen molar-refractivity contribution in [1.29, 1.82) is 0 Å². The van der Waals surface area contributed by atoms with E-state index in [4.69, 9.17) is 10.5 Å². The summed E-state index contributed by atoms with van der Waals surface area (Å²) in [6.07, 6.45) is -0.278. The van der Waals surface area contributed by atoms with Crippen molar-refractivity contribution in [3.63, 3.8) is 0 Å². The number of aryl methyl sites for hydroxylation is 1. The van der Waals surface area contributed by atoms with E-state index in [0.717, 1.165) is 11.1 Å². The summed E-state index contributed by atoms with van der Waals surface area (Å²) in [7, 11) is 0. The van der Waals surface area contributed by atoms with Crippen molar-refractivity contribution in [1.82, 2.24) is 0 Å². The molecule has 2 aromatic rings. The molecule has 0 saturated carbocycles. The van der Waals surface area contributed by atoms with Crippen LogP contribution < -0.4 is 5.73 Å². The molecule has 2 aromatic carbocycles. The Balaban J connectivity index is 2.32. The van der Waals surface area contributed by atoms with Crippen molar-refractivity contribution in [2.75, 3.05) is 13.2 Å². The SMILES string of the molecule is Cc1ccc(C(OCCN)c2cccc(F)c2)cc1. The number of ether oxygens (including phenoxy) is 1. The quantitative estimate of drug-likeness (QED) is 0.895. The Bertz CT molecular complexity index is 525. The molecule has 0 aromatic heterocycles. The fourth-order valence-corrected chi connectivity index (χ4v) is 1.98. The van der Waals surface area contributed by atoms with Crippen LogP contribution in [0, 0.1) is 12.7 Å². The Kier molecular flexibility index (Phi) is 4.66. The molecule has 0 aliphatic rings. The molecule has 0 fully saturated rings. The monoisotopic (exact) mass is 259 g/mol. The molecule has 0 spiro atoms. The zero-order chi connectivity index (χ0) is 13.7. The summed E-state index contributed by atoms with van der Waals surface area (Å²) >= 11 is 0. The Hall–Kier alpha value is -1.71. The molecule has 3 heteroatoms. The number of nitrogens with two attached hydrogens (primary N) is 1. The summed E-state index contributed by atoms with van der Waals surface area (Å²) in [4.78, 5) is 0. The molecule has 0 bridgehead atoms. The van der Waals surface area contributed by atoms with Crippen LogP contribution >= 0.6 is 0 Å². The minimum absolute atomic E-state index is 0.258. The van der Waals surface area contributed by atoms with Gasteiger partial charge in [-0.15, -0.1) is 0 Å². The predicted octanol–water partition coefficient (Wildman–Crippen LogP) is 3.20. The maximum Gasteiger partial charge on any atom is 0.123 e. The molecule has 0 radical (unpaired) electrons. The molecule has 0 aliphatic carbocycles. The lowest BCUT2D eigenvalue weighted by atomic mass is 10.0. The standard InChI is InChI=1S/C16H18FNO/c1-12-5-7-13(8-6-12)16(19-10-9-18)14-3-2-4-15(17)11-14/h2-8,11,16H,9-10,18H2,1H3. The molecule has 19 heavy (non-hydrogen) atoms. The first-order valence-electron chi connectivity index (χ1n) is 6.34. The van der Waals surface area contributed by atoms with Crippen molar-refractivity contribution >= 4 is 0 Å². The predicted molar refractivity (Wildman–Crippen MR) is 74.4 cm³/mol. The third-order valence-electron chi connectivity index (χ3n) is 2.93. The lowest BCUT2D eigenvalue weighted by Gasteiger charge is -2.19. The fraction of sp³-hybridized carbons (Fsp3) is 0.250. The minimum atomic E-state index is -0.278. The number of hydrogen-bond donors (Lipinski definition) is 1.